The Morgan fingerprint density at radius 1 is 1.22 bits per heavy atom. The molecule has 0 aromatic heterocycles. The van der Waals surface area contributed by atoms with E-state index in [-0.39, 0.29) is 11.3 Å². The van der Waals surface area contributed by atoms with Crippen LogP contribution in [0.5, 0.6) is 11.5 Å². The van der Waals surface area contributed by atoms with Crippen molar-refractivity contribution in [1.29, 1.82) is 0 Å². The van der Waals surface area contributed by atoms with Crippen LogP contribution in [0.15, 0.2) is 42.5 Å². The van der Waals surface area contributed by atoms with E-state index >= 15 is 0 Å². The molecule has 0 spiro atoms. The summed E-state index contributed by atoms with van der Waals surface area (Å²) in [7, 11) is 1.66. The minimum absolute atomic E-state index is 0.109. The number of rotatable bonds is 6. The molecule has 0 unspecified atom stereocenters. The smallest absolute Gasteiger partial charge is 0.229 e. The molecule has 5 nitrogen and oxygen atoms in total. The zero-order valence-electron chi connectivity index (χ0n) is 15.7. The van der Waals surface area contributed by atoms with Gasteiger partial charge < -0.3 is 20.1 Å². The summed E-state index contributed by atoms with van der Waals surface area (Å²) in [5.74, 6) is 1.92. The zero-order chi connectivity index (χ0) is 18.7. The van der Waals surface area contributed by atoms with Crippen molar-refractivity contribution in [1.82, 2.24) is 10.6 Å². The van der Waals surface area contributed by atoms with Crippen LogP contribution in [0.4, 0.5) is 0 Å². The second kappa shape index (κ2) is 7.61. The molecule has 0 saturated carbocycles. The second-order valence-electron chi connectivity index (χ2n) is 7.49. The molecule has 0 aliphatic carbocycles. The molecule has 0 radical (unpaired) electrons. The lowest BCUT2D eigenvalue weighted by atomic mass is 9.75. The maximum atomic E-state index is 13.0. The van der Waals surface area contributed by atoms with E-state index in [1.54, 1.807) is 7.11 Å². The minimum Gasteiger partial charge on any atom is -0.497 e. The summed E-state index contributed by atoms with van der Waals surface area (Å²) in [6.07, 6.45) is 2.81. The molecule has 2 N–H and O–H groups in total. The molecule has 2 aromatic rings. The molecule has 142 valence electrons. The summed E-state index contributed by atoms with van der Waals surface area (Å²) < 4.78 is 11.0. The fourth-order valence-corrected chi connectivity index (χ4v) is 3.86. The Kier molecular flexibility index (Phi) is 5.03. The molecule has 0 bridgehead atoms. The maximum Gasteiger partial charge on any atom is 0.229 e. The number of nitrogens with one attached hydrogen (secondary N) is 2. The summed E-state index contributed by atoms with van der Waals surface area (Å²) >= 11 is 0. The second-order valence-corrected chi connectivity index (χ2v) is 7.49. The molecule has 2 heterocycles. The van der Waals surface area contributed by atoms with Crippen molar-refractivity contribution in [2.75, 3.05) is 26.8 Å². The molecule has 1 saturated heterocycles. The van der Waals surface area contributed by atoms with Crippen LogP contribution in [0.3, 0.4) is 0 Å². The molecule has 0 atom stereocenters. The van der Waals surface area contributed by atoms with E-state index < -0.39 is 0 Å². The molecule has 2 aromatic carbocycles. The largest absolute Gasteiger partial charge is 0.497 e. The number of hydrogen-bond acceptors (Lipinski definition) is 4. The molecular formula is C22H26N2O3. The van der Waals surface area contributed by atoms with Gasteiger partial charge in [-0.2, -0.15) is 0 Å². The van der Waals surface area contributed by atoms with E-state index in [0.717, 1.165) is 42.1 Å². The molecule has 5 heteroatoms. The van der Waals surface area contributed by atoms with Gasteiger partial charge in [0.25, 0.3) is 0 Å². The van der Waals surface area contributed by atoms with Crippen LogP contribution in [0.1, 0.15) is 23.1 Å². The Labute approximate surface area is 160 Å². The van der Waals surface area contributed by atoms with Crippen molar-refractivity contribution in [3.63, 3.8) is 0 Å². The van der Waals surface area contributed by atoms with Crippen molar-refractivity contribution in [2.45, 2.75) is 25.8 Å². The average molecular weight is 366 g/mol. The summed E-state index contributed by atoms with van der Waals surface area (Å²) in [4.78, 5) is 13.0. The van der Waals surface area contributed by atoms with Gasteiger partial charge in [0.2, 0.25) is 5.91 Å². The summed E-state index contributed by atoms with van der Waals surface area (Å²) in [6.45, 7) is 2.75. The fraction of sp³-hybridized carbons (Fsp3) is 0.409. The minimum atomic E-state index is -0.385. The van der Waals surface area contributed by atoms with Gasteiger partial charge in [0.05, 0.1) is 19.1 Å². The first-order valence-corrected chi connectivity index (χ1v) is 9.55. The Morgan fingerprint density at radius 3 is 2.89 bits per heavy atom. The topological polar surface area (TPSA) is 59.6 Å². The fourth-order valence-electron chi connectivity index (χ4n) is 3.86. The molecule has 1 fully saturated rings. The number of methoxy groups -OCH3 is 1. The molecule has 27 heavy (non-hydrogen) atoms. The number of aryl methyl sites for hydroxylation is 1. The van der Waals surface area contributed by atoms with Gasteiger partial charge in [0, 0.05) is 19.6 Å². The number of ether oxygens (including phenoxy) is 2. The quantitative estimate of drug-likeness (QED) is 0.825. The van der Waals surface area contributed by atoms with Crippen LogP contribution in [-0.4, -0.2) is 32.7 Å². The van der Waals surface area contributed by atoms with Crippen LogP contribution < -0.4 is 20.1 Å². The normalized spacial score (nSPS) is 17.2. The van der Waals surface area contributed by atoms with Gasteiger partial charge in [0.1, 0.15) is 11.5 Å². The first-order chi connectivity index (χ1) is 13.2. The van der Waals surface area contributed by atoms with Crippen molar-refractivity contribution in [2.24, 2.45) is 5.41 Å². The molecular weight excluding hydrogens is 340 g/mol. The highest BCUT2D eigenvalue weighted by atomic mass is 16.5. The van der Waals surface area contributed by atoms with Crippen molar-refractivity contribution >= 4 is 5.91 Å². The number of fused-ring (bicyclic) bond motifs is 1. The Balaban J connectivity index is 1.41. The highest BCUT2D eigenvalue weighted by Crippen LogP contribution is 2.30. The summed E-state index contributed by atoms with van der Waals surface area (Å²) in [5, 5.41) is 6.41. The third-order valence-corrected chi connectivity index (χ3v) is 5.51. The molecule has 1 amide bonds. The van der Waals surface area contributed by atoms with E-state index in [1.165, 1.54) is 5.56 Å². The van der Waals surface area contributed by atoms with E-state index in [4.69, 9.17) is 9.47 Å². The third kappa shape index (κ3) is 3.78. The van der Waals surface area contributed by atoms with Crippen molar-refractivity contribution in [3.05, 3.63) is 59.2 Å². The predicted octanol–water partition coefficient (Wildman–Crippen LogP) is 2.47. The Bertz CT molecular complexity index is 830. The SMILES string of the molecule is COc1cccc(CC2(C(=O)NCc3ccc4c(c3)CCCO4)CNC2)c1. The van der Waals surface area contributed by atoms with Gasteiger partial charge in [-0.05, 0) is 54.2 Å². The number of carbonyl (C=O) groups is 1. The van der Waals surface area contributed by atoms with Crippen molar-refractivity contribution < 1.29 is 14.3 Å². The maximum absolute atomic E-state index is 13.0. The van der Waals surface area contributed by atoms with Gasteiger partial charge in [-0.1, -0.05) is 24.3 Å². The first kappa shape index (κ1) is 17.9. The lowest BCUT2D eigenvalue weighted by molar-refractivity contribution is -0.134. The van der Waals surface area contributed by atoms with E-state index in [2.05, 4.69) is 22.8 Å². The van der Waals surface area contributed by atoms with E-state index in [0.29, 0.717) is 26.1 Å². The van der Waals surface area contributed by atoms with Gasteiger partial charge in [-0.3, -0.25) is 4.79 Å². The lowest BCUT2D eigenvalue weighted by Gasteiger charge is -2.41. The summed E-state index contributed by atoms with van der Waals surface area (Å²) in [6, 6.07) is 14.2. The van der Waals surface area contributed by atoms with Crippen LogP contribution in [-0.2, 0) is 24.2 Å². The Morgan fingerprint density at radius 2 is 2.11 bits per heavy atom. The van der Waals surface area contributed by atoms with Gasteiger partial charge in [0.15, 0.2) is 0 Å². The predicted molar refractivity (Wildman–Crippen MR) is 104 cm³/mol. The molecule has 2 aliphatic heterocycles. The van der Waals surface area contributed by atoms with Crippen LogP contribution in [0.25, 0.3) is 0 Å². The monoisotopic (exact) mass is 366 g/mol. The van der Waals surface area contributed by atoms with E-state index in [1.807, 2.05) is 30.3 Å². The van der Waals surface area contributed by atoms with Crippen LogP contribution in [0.2, 0.25) is 0 Å². The number of amides is 1. The number of benzene rings is 2. The average Bonchev–Trinajstić information content (AvgIpc) is 2.69. The highest BCUT2D eigenvalue weighted by Gasteiger charge is 2.44. The molecule has 4 rings (SSSR count). The Hall–Kier alpha value is -2.53. The third-order valence-electron chi connectivity index (χ3n) is 5.51. The van der Waals surface area contributed by atoms with Gasteiger partial charge >= 0.3 is 0 Å². The number of carbonyl (C=O) groups excluding carboxylic acids is 1. The zero-order valence-corrected chi connectivity index (χ0v) is 15.7. The van der Waals surface area contributed by atoms with Crippen LogP contribution >= 0.6 is 0 Å². The van der Waals surface area contributed by atoms with Crippen molar-refractivity contribution in [3.8, 4) is 11.5 Å². The van der Waals surface area contributed by atoms with Gasteiger partial charge in [-0.25, -0.2) is 0 Å². The summed E-state index contributed by atoms with van der Waals surface area (Å²) in [5.41, 5.74) is 3.10. The standard InChI is InChI=1S/C22H26N2O3/c1-26-19-6-2-4-16(11-19)12-22(14-23-15-22)21(25)24-13-17-7-8-20-18(10-17)5-3-9-27-20/h2,4,6-8,10-11,23H,3,5,9,12-15H2,1H3,(H,24,25). The van der Waals surface area contributed by atoms with Crippen LogP contribution in [0, 0.1) is 5.41 Å². The lowest BCUT2D eigenvalue weighted by Crippen LogP contribution is -2.62. The first-order valence-electron chi connectivity index (χ1n) is 9.55. The van der Waals surface area contributed by atoms with E-state index in [9.17, 15) is 4.79 Å². The van der Waals surface area contributed by atoms with Gasteiger partial charge in [-0.15, -0.1) is 0 Å². The highest BCUT2D eigenvalue weighted by molar-refractivity contribution is 5.84. The molecule has 2 aliphatic rings. The number of hydrogen-bond donors (Lipinski definition) is 2.